The first-order chi connectivity index (χ1) is 16.9. The zero-order valence-electron chi connectivity index (χ0n) is 19.5. The Labute approximate surface area is 204 Å². The van der Waals surface area contributed by atoms with Crippen LogP contribution in [0, 0.1) is 6.92 Å². The van der Waals surface area contributed by atoms with E-state index in [0.29, 0.717) is 0 Å². The zero-order chi connectivity index (χ0) is 24.8. The van der Waals surface area contributed by atoms with Gasteiger partial charge in [0.05, 0.1) is 6.54 Å². The number of nitrogens with zero attached hydrogens (tertiary/aromatic N) is 1. The van der Waals surface area contributed by atoms with Crippen LogP contribution >= 0.6 is 0 Å². The molecule has 0 saturated carbocycles. The molecule has 0 radical (unpaired) electrons. The van der Waals surface area contributed by atoms with Gasteiger partial charge in [-0.15, -0.1) is 0 Å². The second-order valence-corrected chi connectivity index (χ2v) is 8.75. The summed E-state index contributed by atoms with van der Waals surface area (Å²) in [6, 6.07) is 22.4. The maximum absolute atomic E-state index is 13.3. The molecule has 0 unspecified atom stereocenters. The zero-order valence-corrected chi connectivity index (χ0v) is 19.5. The van der Waals surface area contributed by atoms with E-state index in [1.807, 2.05) is 85.8 Å². The smallest absolute Gasteiger partial charge is 0.411 e. The number of carboxylic acid groups (broad SMARTS) is 1. The second kappa shape index (κ2) is 10.9. The van der Waals surface area contributed by atoms with Crippen LogP contribution in [0.15, 0.2) is 78.9 Å². The normalized spacial score (nSPS) is 15.6. The van der Waals surface area contributed by atoms with Gasteiger partial charge >= 0.3 is 12.1 Å². The molecule has 35 heavy (non-hydrogen) atoms. The highest BCUT2D eigenvalue weighted by Crippen LogP contribution is 2.25. The van der Waals surface area contributed by atoms with Crippen LogP contribution < -0.4 is 5.32 Å². The van der Waals surface area contributed by atoms with Gasteiger partial charge in [0.2, 0.25) is 5.91 Å². The van der Waals surface area contributed by atoms with E-state index in [-0.39, 0.29) is 26.0 Å². The lowest BCUT2D eigenvalue weighted by Crippen LogP contribution is -2.56. The van der Waals surface area contributed by atoms with E-state index in [0.717, 1.165) is 27.8 Å². The Balaban J connectivity index is 1.52. The number of hydrogen-bond acceptors (Lipinski definition) is 4. The lowest BCUT2D eigenvalue weighted by Gasteiger charge is -2.35. The van der Waals surface area contributed by atoms with E-state index in [9.17, 15) is 19.5 Å². The highest BCUT2D eigenvalue weighted by atomic mass is 16.6. The number of amides is 2. The number of hydrogen-bond donors (Lipinski definition) is 2. The number of ether oxygens (including phenoxy) is 1. The van der Waals surface area contributed by atoms with Crippen molar-refractivity contribution in [2.45, 2.75) is 45.0 Å². The van der Waals surface area contributed by atoms with Gasteiger partial charge in [0, 0.05) is 12.8 Å². The van der Waals surface area contributed by atoms with Crippen molar-refractivity contribution in [3.8, 4) is 0 Å². The van der Waals surface area contributed by atoms with E-state index in [2.05, 4.69) is 5.32 Å². The molecule has 0 saturated heterocycles. The first-order valence-electron chi connectivity index (χ1n) is 11.5. The van der Waals surface area contributed by atoms with Crippen molar-refractivity contribution in [3.05, 3.63) is 107 Å². The maximum atomic E-state index is 13.3. The van der Waals surface area contributed by atoms with Gasteiger partial charge < -0.3 is 15.2 Å². The van der Waals surface area contributed by atoms with Gasteiger partial charge in [0.1, 0.15) is 18.7 Å². The number of carboxylic acids is 1. The number of nitrogens with one attached hydrogen (secondary N) is 1. The SMILES string of the molecule is Cc1cccc(C[C@H](NC(=O)[C@@H]2Cc3ccccc3CN2C(=O)OCc2ccccc2)C(=O)O)c1. The lowest BCUT2D eigenvalue weighted by atomic mass is 9.93. The summed E-state index contributed by atoms with van der Waals surface area (Å²) in [7, 11) is 0. The molecule has 2 N–H and O–H groups in total. The first-order valence-corrected chi connectivity index (χ1v) is 11.5. The summed E-state index contributed by atoms with van der Waals surface area (Å²) in [4.78, 5) is 39.7. The molecule has 180 valence electrons. The van der Waals surface area contributed by atoms with Crippen molar-refractivity contribution in [3.63, 3.8) is 0 Å². The molecule has 2 amide bonds. The number of aliphatic carboxylic acids is 1. The van der Waals surface area contributed by atoms with Crippen LogP contribution in [0.2, 0.25) is 0 Å². The lowest BCUT2D eigenvalue weighted by molar-refractivity contribution is -0.142. The Hall–Kier alpha value is -4.13. The van der Waals surface area contributed by atoms with E-state index in [1.54, 1.807) is 0 Å². The highest BCUT2D eigenvalue weighted by molar-refractivity contribution is 5.90. The monoisotopic (exact) mass is 472 g/mol. The Morgan fingerprint density at radius 2 is 1.66 bits per heavy atom. The Bertz CT molecular complexity index is 1210. The summed E-state index contributed by atoms with van der Waals surface area (Å²) >= 11 is 0. The maximum Gasteiger partial charge on any atom is 0.411 e. The molecule has 1 aliphatic rings. The molecule has 7 nitrogen and oxygen atoms in total. The van der Waals surface area contributed by atoms with Gasteiger partial charge in [-0.3, -0.25) is 9.69 Å². The van der Waals surface area contributed by atoms with Crippen LogP contribution in [0.3, 0.4) is 0 Å². The molecule has 0 spiro atoms. The van der Waals surface area contributed by atoms with Crippen LogP contribution in [0.4, 0.5) is 4.79 Å². The largest absolute Gasteiger partial charge is 0.480 e. The van der Waals surface area contributed by atoms with E-state index >= 15 is 0 Å². The summed E-state index contributed by atoms with van der Waals surface area (Å²) in [5, 5.41) is 12.4. The average Bonchev–Trinajstić information content (AvgIpc) is 2.86. The molecule has 3 aromatic rings. The van der Waals surface area contributed by atoms with Crippen molar-refractivity contribution in [2.75, 3.05) is 0 Å². The fraction of sp³-hybridized carbons (Fsp3) is 0.250. The average molecular weight is 473 g/mol. The van der Waals surface area contributed by atoms with Crippen LogP contribution in [0.5, 0.6) is 0 Å². The summed E-state index contributed by atoms with van der Waals surface area (Å²) in [5.74, 6) is -1.65. The number of benzene rings is 3. The van der Waals surface area contributed by atoms with E-state index in [4.69, 9.17) is 4.74 Å². The predicted octanol–water partition coefficient (Wildman–Crippen LogP) is 3.87. The summed E-state index contributed by atoms with van der Waals surface area (Å²) in [5.41, 5.74) is 4.54. The van der Waals surface area contributed by atoms with Crippen molar-refractivity contribution >= 4 is 18.0 Å². The fourth-order valence-electron chi connectivity index (χ4n) is 4.29. The van der Waals surface area contributed by atoms with Gasteiger partial charge in [0.25, 0.3) is 0 Å². The molecular weight excluding hydrogens is 444 g/mol. The molecule has 2 atom stereocenters. The number of fused-ring (bicyclic) bond motifs is 1. The molecule has 3 aromatic carbocycles. The topological polar surface area (TPSA) is 95.9 Å². The summed E-state index contributed by atoms with van der Waals surface area (Å²) < 4.78 is 5.51. The van der Waals surface area contributed by atoms with Crippen molar-refractivity contribution in [1.29, 1.82) is 0 Å². The third-order valence-corrected chi connectivity index (χ3v) is 6.13. The summed E-state index contributed by atoms with van der Waals surface area (Å²) in [6.45, 7) is 2.21. The molecule has 1 heterocycles. The van der Waals surface area contributed by atoms with Crippen LogP contribution in [-0.4, -0.2) is 40.1 Å². The number of rotatable bonds is 7. The van der Waals surface area contributed by atoms with Crippen LogP contribution in [0.25, 0.3) is 0 Å². The molecule has 1 aliphatic heterocycles. The number of carbonyl (C=O) groups is 3. The Kier molecular flexibility index (Phi) is 7.45. The standard InChI is InChI=1S/C28H28N2O5/c1-19-8-7-11-21(14-19)15-24(27(32)33)29-26(31)25-16-22-12-5-6-13-23(22)17-30(25)28(34)35-18-20-9-3-2-4-10-20/h2-14,24-25H,15-18H2,1H3,(H,29,31)(H,32,33)/t24-,25-/m0/s1. The summed E-state index contributed by atoms with van der Waals surface area (Å²) in [6.07, 6.45) is -0.196. The third-order valence-electron chi connectivity index (χ3n) is 6.13. The van der Waals surface area contributed by atoms with Gasteiger partial charge in [-0.1, -0.05) is 84.4 Å². The van der Waals surface area contributed by atoms with Gasteiger partial charge in [-0.05, 0) is 29.2 Å². The minimum absolute atomic E-state index is 0.0806. The van der Waals surface area contributed by atoms with E-state index < -0.39 is 30.1 Å². The first kappa shape index (κ1) is 24.0. The van der Waals surface area contributed by atoms with Crippen LogP contribution in [0.1, 0.15) is 27.8 Å². The van der Waals surface area contributed by atoms with Gasteiger partial charge in [0.15, 0.2) is 0 Å². The molecule has 0 aliphatic carbocycles. The van der Waals surface area contributed by atoms with Gasteiger partial charge in [-0.2, -0.15) is 0 Å². The second-order valence-electron chi connectivity index (χ2n) is 8.75. The minimum Gasteiger partial charge on any atom is -0.480 e. The minimum atomic E-state index is -1.13. The molecule has 4 rings (SSSR count). The molecule has 0 bridgehead atoms. The molecular formula is C28H28N2O5. The molecule has 0 aromatic heterocycles. The number of carbonyl (C=O) groups excluding carboxylic acids is 2. The highest BCUT2D eigenvalue weighted by Gasteiger charge is 2.37. The quantitative estimate of drug-likeness (QED) is 0.544. The van der Waals surface area contributed by atoms with Crippen molar-refractivity contribution in [2.24, 2.45) is 0 Å². The third kappa shape index (κ3) is 6.06. The van der Waals surface area contributed by atoms with Crippen molar-refractivity contribution < 1.29 is 24.2 Å². The number of aryl methyl sites for hydroxylation is 1. The van der Waals surface area contributed by atoms with E-state index in [1.165, 1.54) is 4.90 Å². The predicted molar refractivity (Wildman–Crippen MR) is 131 cm³/mol. The Morgan fingerprint density at radius 1 is 0.971 bits per heavy atom. The van der Waals surface area contributed by atoms with Crippen molar-refractivity contribution in [1.82, 2.24) is 10.2 Å². The molecule has 7 heteroatoms. The fourth-order valence-corrected chi connectivity index (χ4v) is 4.29. The van der Waals surface area contributed by atoms with Crippen LogP contribution in [-0.2, 0) is 40.3 Å². The molecule has 0 fully saturated rings. The Morgan fingerprint density at radius 3 is 2.37 bits per heavy atom. The van der Waals surface area contributed by atoms with Gasteiger partial charge in [-0.25, -0.2) is 9.59 Å².